The molecule has 0 amide bonds. The lowest BCUT2D eigenvalue weighted by Gasteiger charge is -2.23. The van der Waals surface area contributed by atoms with Crippen LogP contribution in [0.15, 0.2) is 121 Å². The van der Waals surface area contributed by atoms with Crippen LogP contribution in [-0.2, 0) is 5.41 Å². The van der Waals surface area contributed by atoms with E-state index in [4.69, 9.17) is 0 Å². The van der Waals surface area contributed by atoms with E-state index in [2.05, 4.69) is 156 Å². The Labute approximate surface area is 314 Å². The van der Waals surface area contributed by atoms with Crippen molar-refractivity contribution in [3.63, 3.8) is 0 Å². The van der Waals surface area contributed by atoms with E-state index in [1.807, 2.05) is 69.2 Å². The van der Waals surface area contributed by atoms with Crippen molar-refractivity contribution in [1.29, 1.82) is 0 Å². The van der Waals surface area contributed by atoms with E-state index in [1.165, 1.54) is 77.6 Å². The van der Waals surface area contributed by atoms with E-state index in [1.54, 1.807) is 0 Å². The molecule has 0 radical (unpaired) electrons. The van der Waals surface area contributed by atoms with Crippen LogP contribution in [0.2, 0.25) is 0 Å². The number of aromatic nitrogens is 2. The molecule has 0 bridgehead atoms. The molecule has 2 aromatic heterocycles. The number of hydrogen-bond acceptors (Lipinski definition) is 0. The van der Waals surface area contributed by atoms with E-state index >= 15 is 0 Å². The molecular weight excluding hydrogens is 629 g/mol. The standard InChI is InChI=1S/C40H30N2.5C2H6/c1-40(2)34-24-26(41-36-16-5-3-4-12-30(36)31-13-6-9-17-37(31)41)20-22-28(34)29-23-21-27(25-35(29)40)42-38-18-10-7-14-32(38)33-15-8-11-19-39(33)42;5*1-2/h4-25H,3H2,1-2H3;5*1-2H3. The molecular formula is C50H60N2. The first-order chi connectivity index (χ1) is 25.6. The van der Waals surface area contributed by atoms with Crippen LogP contribution >= 0.6 is 0 Å². The summed E-state index contributed by atoms with van der Waals surface area (Å²) < 4.78 is 4.87. The first kappa shape index (κ1) is 39.7. The van der Waals surface area contributed by atoms with Gasteiger partial charge in [-0.2, -0.15) is 0 Å². The summed E-state index contributed by atoms with van der Waals surface area (Å²) in [4.78, 5) is 0. The Bertz CT molecular complexity index is 2250. The maximum absolute atomic E-state index is 2.44. The van der Waals surface area contributed by atoms with Gasteiger partial charge in [0.2, 0.25) is 0 Å². The van der Waals surface area contributed by atoms with Crippen LogP contribution in [0, 0.1) is 0 Å². The van der Waals surface area contributed by atoms with Crippen LogP contribution < -0.4 is 0 Å². The molecule has 0 unspecified atom stereocenters. The van der Waals surface area contributed by atoms with E-state index in [9.17, 15) is 0 Å². The normalized spacial score (nSPS) is 12.5. The van der Waals surface area contributed by atoms with Crippen molar-refractivity contribution in [3.8, 4) is 22.5 Å². The molecule has 0 atom stereocenters. The molecule has 0 saturated carbocycles. The van der Waals surface area contributed by atoms with E-state index in [-0.39, 0.29) is 5.41 Å². The van der Waals surface area contributed by atoms with Crippen LogP contribution in [0.4, 0.5) is 0 Å². The number of fused-ring (bicyclic) bond motifs is 9. The maximum atomic E-state index is 2.44. The lowest BCUT2D eigenvalue weighted by Crippen LogP contribution is -2.16. The Morgan fingerprint density at radius 3 is 1.35 bits per heavy atom. The second-order valence-electron chi connectivity index (χ2n) is 12.1. The van der Waals surface area contributed by atoms with Gasteiger partial charge in [0.05, 0.1) is 22.2 Å². The van der Waals surface area contributed by atoms with Gasteiger partial charge in [0.25, 0.3) is 0 Å². The third-order valence-corrected chi connectivity index (χ3v) is 9.52. The molecule has 0 saturated heterocycles. The molecule has 2 aliphatic carbocycles. The monoisotopic (exact) mass is 688 g/mol. The third kappa shape index (κ3) is 6.68. The second-order valence-corrected chi connectivity index (χ2v) is 12.1. The van der Waals surface area contributed by atoms with Gasteiger partial charge in [-0.1, -0.05) is 168 Å². The first-order valence-electron chi connectivity index (χ1n) is 19.9. The highest BCUT2D eigenvalue weighted by atomic mass is 15.0. The quantitative estimate of drug-likeness (QED) is 0.171. The van der Waals surface area contributed by atoms with Crippen molar-refractivity contribution in [2.24, 2.45) is 0 Å². The zero-order valence-electron chi connectivity index (χ0n) is 33.8. The van der Waals surface area contributed by atoms with Gasteiger partial charge in [-0.15, -0.1) is 0 Å². The van der Waals surface area contributed by atoms with Gasteiger partial charge in [0, 0.05) is 38.5 Å². The zero-order chi connectivity index (χ0) is 38.0. The van der Waals surface area contributed by atoms with Gasteiger partial charge in [0.1, 0.15) is 0 Å². The molecule has 5 aromatic carbocycles. The molecule has 0 fully saturated rings. The van der Waals surface area contributed by atoms with Crippen molar-refractivity contribution in [3.05, 3.63) is 144 Å². The molecule has 7 aromatic rings. The Hall–Kier alpha value is -5.08. The first-order valence-corrected chi connectivity index (χ1v) is 19.9. The van der Waals surface area contributed by atoms with Crippen molar-refractivity contribution >= 4 is 44.9 Å². The van der Waals surface area contributed by atoms with Gasteiger partial charge in [-0.3, -0.25) is 0 Å². The minimum atomic E-state index is -0.134. The highest BCUT2D eigenvalue weighted by molar-refractivity contribution is 6.09. The number of allylic oxidation sites excluding steroid dienone is 2. The Balaban J connectivity index is 0.000000561. The predicted molar refractivity (Wildman–Crippen MR) is 235 cm³/mol. The third-order valence-electron chi connectivity index (χ3n) is 9.52. The molecule has 0 aliphatic heterocycles. The molecule has 52 heavy (non-hydrogen) atoms. The fourth-order valence-corrected chi connectivity index (χ4v) is 7.54. The number of hydrogen-bond donors (Lipinski definition) is 0. The van der Waals surface area contributed by atoms with E-state index in [0.717, 1.165) is 6.42 Å². The summed E-state index contributed by atoms with van der Waals surface area (Å²) in [6, 6.07) is 40.4. The van der Waals surface area contributed by atoms with Crippen molar-refractivity contribution in [2.75, 3.05) is 0 Å². The molecule has 2 heteroatoms. The minimum absolute atomic E-state index is 0.134. The summed E-state index contributed by atoms with van der Waals surface area (Å²) in [6.07, 6.45) is 10.1. The van der Waals surface area contributed by atoms with Gasteiger partial charge >= 0.3 is 0 Å². The van der Waals surface area contributed by atoms with Crippen molar-refractivity contribution in [1.82, 2.24) is 9.13 Å². The SMILES string of the molecule is CC.CC.CC.CC.CC.CC1(C)c2cc(-n3c4c(c5ccccc53)C=CCC=C4)ccc2-c2ccc(-n3c4ccccc4c4ccccc43)cc21. The number of rotatable bonds is 2. The summed E-state index contributed by atoms with van der Waals surface area (Å²) in [7, 11) is 0. The number of para-hydroxylation sites is 3. The molecule has 0 spiro atoms. The van der Waals surface area contributed by atoms with Crippen LogP contribution in [0.5, 0.6) is 0 Å². The fraction of sp³-hybridized carbons (Fsp3) is 0.280. The molecule has 2 aliphatic rings. The lowest BCUT2D eigenvalue weighted by atomic mass is 9.82. The Morgan fingerprint density at radius 1 is 0.442 bits per heavy atom. The zero-order valence-corrected chi connectivity index (χ0v) is 33.8. The molecule has 0 N–H and O–H groups in total. The molecule has 2 nitrogen and oxygen atoms in total. The van der Waals surface area contributed by atoms with Crippen LogP contribution in [0.1, 0.15) is 112 Å². The lowest BCUT2D eigenvalue weighted by molar-refractivity contribution is 0.659. The van der Waals surface area contributed by atoms with E-state index < -0.39 is 0 Å². The smallest absolute Gasteiger partial charge is 0.0541 e. The van der Waals surface area contributed by atoms with Gasteiger partial charge in [-0.25, -0.2) is 0 Å². The summed E-state index contributed by atoms with van der Waals surface area (Å²) in [6.45, 7) is 24.8. The van der Waals surface area contributed by atoms with Crippen molar-refractivity contribution in [2.45, 2.75) is 94.9 Å². The predicted octanol–water partition coefficient (Wildman–Crippen LogP) is 15.6. The topological polar surface area (TPSA) is 9.86 Å². The van der Waals surface area contributed by atoms with Crippen LogP contribution in [-0.4, -0.2) is 9.13 Å². The highest BCUT2D eigenvalue weighted by Gasteiger charge is 2.36. The summed E-state index contributed by atoms with van der Waals surface area (Å²) in [5.41, 5.74) is 14.0. The minimum Gasteiger partial charge on any atom is -0.309 e. The largest absolute Gasteiger partial charge is 0.309 e. The number of benzene rings is 5. The average Bonchev–Trinajstić information content (AvgIpc) is 3.71. The van der Waals surface area contributed by atoms with E-state index in [0.29, 0.717) is 0 Å². The van der Waals surface area contributed by atoms with Crippen LogP contribution in [0.3, 0.4) is 0 Å². The van der Waals surface area contributed by atoms with Crippen molar-refractivity contribution < 1.29 is 0 Å². The highest BCUT2D eigenvalue weighted by Crippen LogP contribution is 2.50. The van der Waals surface area contributed by atoms with Gasteiger partial charge in [0.15, 0.2) is 0 Å². The number of nitrogens with zero attached hydrogens (tertiary/aromatic N) is 2. The maximum Gasteiger partial charge on any atom is 0.0541 e. The second kappa shape index (κ2) is 17.9. The fourth-order valence-electron chi connectivity index (χ4n) is 7.54. The van der Waals surface area contributed by atoms with Gasteiger partial charge in [-0.05, 0) is 77.2 Å². The van der Waals surface area contributed by atoms with Crippen LogP contribution in [0.25, 0.3) is 67.4 Å². The summed E-state index contributed by atoms with van der Waals surface area (Å²) in [5.74, 6) is 0. The molecule has 2 heterocycles. The Morgan fingerprint density at radius 2 is 0.846 bits per heavy atom. The summed E-state index contributed by atoms with van der Waals surface area (Å²) >= 11 is 0. The average molecular weight is 689 g/mol. The Kier molecular flexibility index (Phi) is 13.7. The van der Waals surface area contributed by atoms with Gasteiger partial charge < -0.3 is 9.13 Å². The summed E-state index contributed by atoms with van der Waals surface area (Å²) in [5, 5.41) is 3.89. The molecule has 9 rings (SSSR count). The molecule has 270 valence electrons.